The second-order valence-electron chi connectivity index (χ2n) is 5.27. The Bertz CT molecular complexity index is 404. The molecule has 0 bridgehead atoms. The van der Waals surface area contributed by atoms with E-state index >= 15 is 0 Å². The minimum absolute atomic E-state index is 0.162. The molecule has 4 nitrogen and oxygen atoms in total. The van der Waals surface area contributed by atoms with Crippen LogP contribution in [0.2, 0.25) is 0 Å². The summed E-state index contributed by atoms with van der Waals surface area (Å²) in [6, 6.07) is 2.50. The van der Waals surface area contributed by atoms with Crippen LogP contribution in [0.1, 0.15) is 18.4 Å². The lowest BCUT2D eigenvalue weighted by Gasteiger charge is -2.32. The summed E-state index contributed by atoms with van der Waals surface area (Å²) in [6.45, 7) is 7.00. The summed E-state index contributed by atoms with van der Waals surface area (Å²) in [5.74, 6) is 0. The van der Waals surface area contributed by atoms with E-state index in [1.165, 1.54) is 12.0 Å². The van der Waals surface area contributed by atoms with E-state index in [9.17, 15) is 0 Å². The maximum absolute atomic E-state index is 5.94. The first-order valence-electron chi connectivity index (χ1n) is 6.97. The molecule has 0 aromatic carbocycles. The van der Waals surface area contributed by atoms with Crippen LogP contribution in [0.25, 0.3) is 0 Å². The van der Waals surface area contributed by atoms with Crippen molar-refractivity contribution in [2.45, 2.75) is 37.6 Å². The van der Waals surface area contributed by atoms with Crippen LogP contribution in [0.4, 0.5) is 0 Å². The highest BCUT2D eigenvalue weighted by Gasteiger charge is 2.44. The van der Waals surface area contributed by atoms with Crippen molar-refractivity contribution in [2.75, 3.05) is 19.8 Å². The molecule has 2 fully saturated rings. The first-order chi connectivity index (χ1) is 9.38. The van der Waals surface area contributed by atoms with E-state index in [1.54, 1.807) is 12.3 Å². The van der Waals surface area contributed by atoms with Crippen molar-refractivity contribution in [3.63, 3.8) is 0 Å². The van der Waals surface area contributed by atoms with Gasteiger partial charge in [-0.25, -0.2) is 0 Å². The van der Waals surface area contributed by atoms with Gasteiger partial charge in [0.2, 0.25) is 0 Å². The first kappa shape index (κ1) is 12.9. The minimum Gasteiger partial charge on any atom is -0.472 e. The van der Waals surface area contributed by atoms with Crippen LogP contribution in [0.5, 0.6) is 0 Å². The van der Waals surface area contributed by atoms with Gasteiger partial charge in [0.15, 0.2) is 0 Å². The summed E-state index contributed by atoms with van der Waals surface area (Å²) in [7, 11) is 0. The van der Waals surface area contributed by atoms with Gasteiger partial charge in [0.05, 0.1) is 25.2 Å². The molecular formula is C15H21NO3. The molecule has 3 atom stereocenters. The molecular weight excluding hydrogens is 242 g/mol. The summed E-state index contributed by atoms with van der Waals surface area (Å²) in [5.41, 5.74) is 1.22. The van der Waals surface area contributed by atoms with Crippen molar-refractivity contribution in [1.29, 1.82) is 0 Å². The third-order valence-electron chi connectivity index (χ3n) is 3.98. The summed E-state index contributed by atoms with van der Waals surface area (Å²) >= 11 is 0. The van der Waals surface area contributed by atoms with Gasteiger partial charge in [0.1, 0.15) is 6.10 Å². The van der Waals surface area contributed by atoms with Crippen LogP contribution in [-0.2, 0) is 16.0 Å². The van der Waals surface area contributed by atoms with Gasteiger partial charge in [-0.2, -0.15) is 0 Å². The number of hydrogen-bond acceptors (Lipinski definition) is 4. The van der Waals surface area contributed by atoms with E-state index in [0.29, 0.717) is 12.6 Å². The Morgan fingerprint density at radius 2 is 2.47 bits per heavy atom. The van der Waals surface area contributed by atoms with Crippen molar-refractivity contribution in [1.82, 2.24) is 4.90 Å². The molecule has 104 valence electrons. The van der Waals surface area contributed by atoms with Gasteiger partial charge in [0, 0.05) is 31.3 Å². The Hall–Kier alpha value is -1.10. The van der Waals surface area contributed by atoms with Crippen LogP contribution in [-0.4, -0.2) is 42.9 Å². The lowest BCUT2D eigenvalue weighted by molar-refractivity contribution is -0.0721. The number of nitrogens with zero attached hydrogens (tertiary/aromatic N) is 1. The van der Waals surface area contributed by atoms with Crippen LogP contribution in [0.3, 0.4) is 0 Å². The normalized spacial score (nSPS) is 31.3. The fourth-order valence-corrected chi connectivity index (χ4v) is 3.14. The molecule has 0 spiro atoms. The fraction of sp³-hybridized carbons (Fsp3) is 0.600. The highest BCUT2D eigenvalue weighted by Crippen LogP contribution is 2.31. The summed E-state index contributed by atoms with van der Waals surface area (Å²) in [4.78, 5) is 2.46. The number of hydrogen-bond donors (Lipinski definition) is 0. The second kappa shape index (κ2) is 5.90. The van der Waals surface area contributed by atoms with Gasteiger partial charge in [0.25, 0.3) is 0 Å². The predicted molar refractivity (Wildman–Crippen MR) is 71.8 cm³/mol. The molecule has 3 heterocycles. The average Bonchev–Trinajstić information content (AvgIpc) is 3.06. The predicted octanol–water partition coefficient (Wildman–Crippen LogP) is 2.21. The molecule has 4 heteroatoms. The molecule has 2 aliphatic rings. The van der Waals surface area contributed by atoms with Crippen LogP contribution < -0.4 is 0 Å². The molecule has 2 aliphatic heterocycles. The Kier molecular flexibility index (Phi) is 4.01. The highest BCUT2D eigenvalue weighted by atomic mass is 16.5. The maximum Gasteiger partial charge on any atom is 0.100 e. The molecule has 3 rings (SSSR count). The number of rotatable bonds is 5. The van der Waals surface area contributed by atoms with Crippen molar-refractivity contribution in [2.24, 2.45) is 0 Å². The van der Waals surface area contributed by atoms with Gasteiger partial charge >= 0.3 is 0 Å². The monoisotopic (exact) mass is 263 g/mol. The zero-order chi connectivity index (χ0) is 13.1. The van der Waals surface area contributed by atoms with Gasteiger partial charge in [-0.3, -0.25) is 4.90 Å². The Morgan fingerprint density at radius 1 is 1.53 bits per heavy atom. The largest absolute Gasteiger partial charge is 0.472 e. The van der Waals surface area contributed by atoms with Crippen LogP contribution in [0.15, 0.2) is 35.7 Å². The van der Waals surface area contributed by atoms with E-state index in [2.05, 4.69) is 11.5 Å². The summed E-state index contributed by atoms with van der Waals surface area (Å²) in [6.07, 6.45) is 8.04. The molecule has 0 amide bonds. The van der Waals surface area contributed by atoms with E-state index < -0.39 is 0 Å². The van der Waals surface area contributed by atoms with Crippen molar-refractivity contribution < 1.29 is 13.9 Å². The SMILES string of the molecule is C=CCO[C@@H]1CN(Cc2ccoc2)[C@H]2CCCO[C@@H]12. The summed E-state index contributed by atoms with van der Waals surface area (Å²) in [5, 5.41) is 0. The molecule has 1 aromatic heterocycles. The molecule has 19 heavy (non-hydrogen) atoms. The number of fused-ring (bicyclic) bond motifs is 1. The van der Waals surface area contributed by atoms with E-state index in [4.69, 9.17) is 13.9 Å². The number of furan rings is 1. The molecule has 0 aliphatic carbocycles. The smallest absolute Gasteiger partial charge is 0.100 e. The van der Waals surface area contributed by atoms with Gasteiger partial charge in [-0.1, -0.05) is 6.08 Å². The molecule has 1 aromatic rings. The zero-order valence-corrected chi connectivity index (χ0v) is 11.2. The van der Waals surface area contributed by atoms with E-state index in [1.807, 2.05) is 12.3 Å². The quantitative estimate of drug-likeness (QED) is 0.763. The summed E-state index contributed by atoms with van der Waals surface area (Å²) < 4.78 is 16.9. The lowest BCUT2D eigenvalue weighted by atomic mass is 10.0. The van der Waals surface area contributed by atoms with E-state index in [0.717, 1.165) is 26.1 Å². The topological polar surface area (TPSA) is 34.8 Å². The molecule has 0 unspecified atom stereocenters. The minimum atomic E-state index is 0.162. The van der Waals surface area contributed by atoms with Crippen molar-refractivity contribution in [3.05, 3.63) is 36.8 Å². The average molecular weight is 263 g/mol. The van der Waals surface area contributed by atoms with Crippen LogP contribution in [0, 0.1) is 0 Å². The molecule has 0 saturated carbocycles. The van der Waals surface area contributed by atoms with Crippen LogP contribution >= 0.6 is 0 Å². The Balaban J connectivity index is 1.68. The Labute approximate surface area is 114 Å². The third kappa shape index (κ3) is 2.76. The zero-order valence-electron chi connectivity index (χ0n) is 11.2. The van der Waals surface area contributed by atoms with Crippen molar-refractivity contribution >= 4 is 0 Å². The first-order valence-corrected chi connectivity index (χ1v) is 6.97. The Morgan fingerprint density at radius 3 is 3.26 bits per heavy atom. The van der Waals surface area contributed by atoms with E-state index in [-0.39, 0.29) is 12.2 Å². The fourth-order valence-electron chi connectivity index (χ4n) is 3.14. The molecule has 0 radical (unpaired) electrons. The maximum atomic E-state index is 5.94. The van der Waals surface area contributed by atoms with Gasteiger partial charge in [-0.05, 0) is 18.9 Å². The highest BCUT2D eigenvalue weighted by molar-refractivity contribution is 5.08. The lowest BCUT2D eigenvalue weighted by Crippen LogP contribution is -2.41. The van der Waals surface area contributed by atoms with Gasteiger partial charge < -0.3 is 13.9 Å². The van der Waals surface area contributed by atoms with Gasteiger partial charge in [-0.15, -0.1) is 6.58 Å². The standard InChI is InChI=1S/C15H21NO3/c1-2-6-18-14-10-16(9-12-5-8-17-11-12)13-4-3-7-19-15(13)14/h2,5,8,11,13-15H,1,3-4,6-7,9-10H2/t13-,14+,15+/m0/s1. The number of ether oxygens (including phenoxy) is 2. The van der Waals surface area contributed by atoms with Crippen molar-refractivity contribution in [3.8, 4) is 0 Å². The third-order valence-corrected chi connectivity index (χ3v) is 3.98. The molecule has 0 N–H and O–H groups in total. The number of likely N-dealkylation sites (tertiary alicyclic amines) is 1. The molecule has 2 saturated heterocycles. The second-order valence-corrected chi connectivity index (χ2v) is 5.27.